The molecular weight excluding hydrogens is 348 g/mol. The molecule has 2 N–H and O–H groups in total. The summed E-state index contributed by atoms with van der Waals surface area (Å²) in [5.74, 6) is 1.44. The van der Waals surface area contributed by atoms with Crippen molar-refractivity contribution in [3.05, 3.63) is 29.8 Å². The third-order valence-corrected chi connectivity index (χ3v) is 5.67. The summed E-state index contributed by atoms with van der Waals surface area (Å²) in [5.41, 5.74) is 0.447. The quantitative estimate of drug-likeness (QED) is 0.729. The number of rotatable bonds is 8. The van der Waals surface area contributed by atoms with E-state index in [1.54, 1.807) is 30.0 Å². The van der Waals surface area contributed by atoms with Crippen LogP contribution in [-0.4, -0.2) is 43.0 Å². The van der Waals surface area contributed by atoms with E-state index in [4.69, 9.17) is 4.74 Å². The maximum Gasteiger partial charge on any atom is 0.255 e. The van der Waals surface area contributed by atoms with Crippen LogP contribution in [0.5, 0.6) is 5.75 Å². The van der Waals surface area contributed by atoms with Crippen LogP contribution in [-0.2, 0) is 4.79 Å². The molecule has 0 saturated heterocycles. The summed E-state index contributed by atoms with van der Waals surface area (Å²) < 4.78 is 5.26. The first kappa shape index (κ1) is 20.6. The molecule has 1 aliphatic rings. The molecule has 0 aliphatic heterocycles. The first-order chi connectivity index (χ1) is 12.6. The molecule has 0 spiro atoms. The maximum atomic E-state index is 12.8. The third-order valence-electron chi connectivity index (χ3n) is 5.02. The van der Waals surface area contributed by atoms with Crippen LogP contribution in [0, 0.1) is 5.92 Å². The highest BCUT2D eigenvalue weighted by molar-refractivity contribution is 7.98. The normalized spacial score (nSPS) is 20.9. The van der Waals surface area contributed by atoms with Crippen molar-refractivity contribution in [3.63, 3.8) is 0 Å². The second-order valence-corrected chi connectivity index (χ2v) is 7.87. The zero-order chi connectivity index (χ0) is 18.9. The number of amides is 2. The summed E-state index contributed by atoms with van der Waals surface area (Å²) >= 11 is 1.67. The van der Waals surface area contributed by atoms with Crippen LogP contribution in [0.25, 0.3) is 0 Å². The standard InChI is InChI=1S/C20H30N2O3S/c1-14-8-4-6-10-16(14)21-20(24)17(12-13-26-3)22-19(23)15-9-5-7-11-18(15)25-2/h5,7,9,11,14,16-17H,4,6,8,10,12-13H2,1-3H3,(H,21,24)(H,22,23). The molecule has 0 radical (unpaired) electrons. The van der Waals surface area contributed by atoms with Gasteiger partial charge in [-0.3, -0.25) is 9.59 Å². The lowest BCUT2D eigenvalue weighted by molar-refractivity contribution is -0.124. The van der Waals surface area contributed by atoms with Gasteiger partial charge in [0, 0.05) is 6.04 Å². The summed E-state index contributed by atoms with van der Waals surface area (Å²) in [7, 11) is 1.54. The second-order valence-electron chi connectivity index (χ2n) is 6.88. The molecule has 1 aromatic rings. The minimum absolute atomic E-state index is 0.0824. The molecule has 1 fully saturated rings. The van der Waals surface area contributed by atoms with E-state index in [-0.39, 0.29) is 17.9 Å². The molecular formula is C20H30N2O3S. The van der Waals surface area contributed by atoms with Crippen molar-refractivity contribution >= 4 is 23.6 Å². The Balaban J connectivity index is 2.05. The van der Waals surface area contributed by atoms with Crippen LogP contribution in [0.1, 0.15) is 49.4 Å². The van der Waals surface area contributed by atoms with Crippen molar-refractivity contribution in [1.82, 2.24) is 10.6 Å². The van der Waals surface area contributed by atoms with Crippen molar-refractivity contribution in [3.8, 4) is 5.75 Å². The van der Waals surface area contributed by atoms with E-state index in [0.29, 0.717) is 23.7 Å². The first-order valence-corrected chi connectivity index (χ1v) is 10.7. The fraction of sp³-hybridized carbons (Fsp3) is 0.600. The molecule has 0 aromatic heterocycles. The summed E-state index contributed by atoms with van der Waals surface area (Å²) in [6, 6.07) is 6.73. The van der Waals surface area contributed by atoms with Gasteiger partial charge in [0.2, 0.25) is 5.91 Å². The molecule has 3 atom stereocenters. The number of thioether (sulfide) groups is 1. The SMILES string of the molecule is COc1ccccc1C(=O)NC(CCSC)C(=O)NC1CCCCC1C. The average molecular weight is 379 g/mol. The van der Waals surface area contributed by atoms with Crippen LogP contribution >= 0.6 is 11.8 Å². The number of hydrogen-bond acceptors (Lipinski definition) is 4. The second kappa shape index (κ2) is 10.5. The number of carbonyl (C=O) groups excluding carboxylic acids is 2. The lowest BCUT2D eigenvalue weighted by Gasteiger charge is -2.31. The Hall–Kier alpha value is -1.69. The van der Waals surface area contributed by atoms with Crippen molar-refractivity contribution in [1.29, 1.82) is 0 Å². The molecule has 144 valence electrons. The molecule has 1 saturated carbocycles. The molecule has 0 heterocycles. The van der Waals surface area contributed by atoms with Gasteiger partial charge in [-0.2, -0.15) is 11.8 Å². The summed E-state index contributed by atoms with van der Waals surface area (Å²) in [6.45, 7) is 2.19. The van der Waals surface area contributed by atoms with Crippen molar-refractivity contribution in [2.45, 2.75) is 51.1 Å². The van der Waals surface area contributed by atoms with Gasteiger partial charge >= 0.3 is 0 Å². The van der Waals surface area contributed by atoms with Crippen molar-refractivity contribution < 1.29 is 14.3 Å². The van der Waals surface area contributed by atoms with E-state index in [9.17, 15) is 9.59 Å². The Morgan fingerprint density at radius 2 is 2.00 bits per heavy atom. The predicted octanol–water partition coefficient (Wildman–Crippen LogP) is 3.24. The lowest BCUT2D eigenvalue weighted by Crippen LogP contribution is -2.51. The van der Waals surface area contributed by atoms with Gasteiger partial charge in [-0.05, 0) is 49.3 Å². The van der Waals surface area contributed by atoms with E-state index in [1.165, 1.54) is 13.5 Å². The van der Waals surface area contributed by atoms with Gasteiger partial charge in [-0.1, -0.05) is 31.9 Å². The smallest absolute Gasteiger partial charge is 0.255 e. The Labute approximate surface area is 160 Å². The first-order valence-electron chi connectivity index (χ1n) is 9.30. The van der Waals surface area contributed by atoms with Gasteiger partial charge in [0.1, 0.15) is 11.8 Å². The van der Waals surface area contributed by atoms with Gasteiger partial charge in [-0.15, -0.1) is 0 Å². The molecule has 26 heavy (non-hydrogen) atoms. The Morgan fingerprint density at radius 3 is 2.69 bits per heavy atom. The van der Waals surface area contributed by atoms with Gasteiger partial charge < -0.3 is 15.4 Å². The fourth-order valence-electron chi connectivity index (χ4n) is 3.39. The van der Waals surface area contributed by atoms with Crippen LogP contribution in [0.2, 0.25) is 0 Å². The maximum absolute atomic E-state index is 12.8. The van der Waals surface area contributed by atoms with Gasteiger partial charge in [0.25, 0.3) is 5.91 Å². The molecule has 0 bridgehead atoms. The van der Waals surface area contributed by atoms with Gasteiger partial charge in [0.05, 0.1) is 12.7 Å². The third kappa shape index (κ3) is 5.66. The molecule has 3 unspecified atom stereocenters. The number of para-hydroxylation sites is 1. The number of carbonyl (C=O) groups is 2. The number of ether oxygens (including phenoxy) is 1. The summed E-state index contributed by atoms with van der Waals surface area (Å²) in [4.78, 5) is 25.5. The number of nitrogens with one attached hydrogen (secondary N) is 2. The van der Waals surface area contributed by atoms with Crippen molar-refractivity contribution in [2.24, 2.45) is 5.92 Å². The van der Waals surface area contributed by atoms with Gasteiger partial charge in [0.15, 0.2) is 0 Å². The molecule has 1 aromatic carbocycles. The van der Waals surface area contributed by atoms with Crippen LogP contribution < -0.4 is 15.4 Å². The Kier molecular flexibility index (Phi) is 8.29. The molecule has 6 heteroatoms. The number of hydrogen-bond donors (Lipinski definition) is 2. The summed E-state index contributed by atoms with van der Waals surface area (Å²) in [6.07, 6.45) is 7.15. The Morgan fingerprint density at radius 1 is 1.27 bits per heavy atom. The fourth-order valence-corrected chi connectivity index (χ4v) is 3.86. The van der Waals surface area contributed by atoms with Gasteiger partial charge in [-0.25, -0.2) is 0 Å². The zero-order valence-electron chi connectivity index (χ0n) is 15.9. The highest BCUT2D eigenvalue weighted by atomic mass is 32.2. The van der Waals surface area contributed by atoms with E-state index >= 15 is 0 Å². The molecule has 2 rings (SSSR count). The van der Waals surface area contributed by atoms with E-state index in [1.807, 2.05) is 12.3 Å². The largest absolute Gasteiger partial charge is 0.496 e. The van der Waals surface area contributed by atoms with Crippen LogP contribution in [0.3, 0.4) is 0 Å². The summed E-state index contributed by atoms with van der Waals surface area (Å²) in [5, 5.41) is 6.07. The number of methoxy groups -OCH3 is 1. The zero-order valence-corrected chi connectivity index (χ0v) is 16.7. The monoisotopic (exact) mass is 378 g/mol. The minimum atomic E-state index is -0.533. The highest BCUT2D eigenvalue weighted by Crippen LogP contribution is 2.24. The van der Waals surface area contributed by atoms with Crippen LogP contribution in [0.4, 0.5) is 0 Å². The number of benzene rings is 1. The Bertz CT molecular complexity index is 608. The minimum Gasteiger partial charge on any atom is -0.496 e. The molecule has 1 aliphatic carbocycles. The molecule has 2 amide bonds. The van der Waals surface area contributed by atoms with E-state index in [0.717, 1.165) is 25.0 Å². The average Bonchev–Trinajstić information content (AvgIpc) is 2.66. The highest BCUT2D eigenvalue weighted by Gasteiger charge is 2.28. The topological polar surface area (TPSA) is 67.4 Å². The predicted molar refractivity (Wildman–Crippen MR) is 107 cm³/mol. The van der Waals surface area contributed by atoms with E-state index < -0.39 is 6.04 Å². The van der Waals surface area contributed by atoms with Crippen molar-refractivity contribution in [2.75, 3.05) is 19.1 Å². The van der Waals surface area contributed by atoms with Crippen LogP contribution in [0.15, 0.2) is 24.3 Å². The molecule has 5 nitrogen and oxygen atoms in total. The lowest BCUT2D eigenvalue weighted by atomic mass is 9.86. The van der Waals surface area contributed by atoms with E-state index in [2.05, 4.69) is 17.6 Å².